The predicted molar refractivity (Wildman–Crippen MR) is 131 cm³/mol. The van der Waals surface area contributed by atoms with Crippen molar-refractivity contribution in [2.24, 2.45) is 0 Å². The number of methoxy groups -OCH3 is 1. The third kappa shape index (κ3) is 6.37. The van der Waals surface area contributed by atoms with Crippen LogP contribution in [0.4, 0.5) is 10.9 Å². The molecular weight excluding hydrogens is 450 g/mol. The molecule has 8 heteroatoms. The summed E-state index contributed by atoms with van der Waals surface area (Å²) in [6.07, 6.45) is 1.85. The lowest BCUT2D eigenvalue weighted by atomic mass is 10.2. The Morgan fingerprint density at radius 1 is 1.03 bits per heavy atom. The number of para-hydroxylation sites is 1. The molecule has 2 aromatic heterocycles. The Labute approximate surface area is 196 Å². The highest BCUT2D eigenvalue weighted by atomic mass is 35.5. The highest BCUT2D eigenvalue weighted by Gasteiger charge is 2.11. The number of rotatable bonds is 8. The molecule has 2 aromatic carbocycles. The smallest absolute Gasteiger partial charge is 0.188 e. The van der Waals surface area contributed by atoms with Crippen molar-refractivity contribution in [2.45, 2.75) is 17.6 Å². The molecule has 31 heavy (non-hydrogen) atoms. The highest BCUT2D eigenvalue weighted by Crippen LogP contribution is 2.35. The molecule has 1 N–H and O–H groups in total. The summed E-state index contributed by atoms with van der Waals surface area (Å²) in [5.41, 5.74) is 2.16. The minimum Gasteiger partial charge on any atom is -0.497 e. The van der Waals surface area contributed by atoms with Crippen LogP contribution in [-0.2, 0) is 5.75 Å². The number of halogens is 1. The zero-order valence-corrected chi connectivity index (χ0v) is 19.5. The molecule has 0 atom stereocenters. The monoisotopic (exact) mass is 471 g/mol. The lowest BCUT2D eigenvalue weighted by Crippen LogP contribution is -1.98. The zero-order valence-electron chi connectivity index (χ0n) is 17.1. The number of anilines is 2. The molecule has 0 fully saturated rings. The number of thiazole rings is 1. The van der Waals surface area contributed by atoms with E-state index in [1.165, 1.54) is 16.9 Å². The van der Waals surface area contributed by atoms with E-state index in [2.05, 4.69) is 21.4 Å². The number of nitrogens with one attached hydrogen (secondary N) is 1. The first-order valence-electron chi connectivity index (χ1n) is 9.37. The molecule has 0 bridgehead atoms. The van der Waals surface area contributed by atoms with Gasteiger partial charge in [0.05, 0.1) is 12.8 Å². The van der Waals surface area contributed by atoms with Gasteiger partial charge in [-0.2, -0.15) is 0 Å². The van der Waals surface area contributed by atoms with Crippen LogP contribution in [0.2, 0.25) is 0 Å². The van der Waals surface area contributed by atoms with Crippen molar-refractivity contribution in [3.63, 3.8) is 0 Å². The van der Waals surface area contributed by atoms with E-state index in [-0.39, 0.29) is 12.4 Å². The van der Waals surface area contributed by atoms with Crippen molar-refractivity contribution < 1.29 is 9.47 Å². The van der Waals surface area contributed by atoms with Crippen molar-refractivity contribution in [3.8, 4) is 17.2 Å². The van der Waals surface area contributed by atoms with Crippen LogP contribution < -0.4 is 14.8 Å². The maximum Gasteiger partial charge on any atom is 0.188 e. The van der Waals surface area contributed by atoms with Gasteiger partial charge in [0.2, 0.25) is 0 Å². The van der Waals surface area contributed by atoms with Crippen LogP contribution in [-0.4, -0.2) is 17.1 Å². The molecule has 2 heterocycles. The Bertz CT molecular complexity index is 1120. The van der Waals surface area contributed by atoms with E-state index in [0.717, 1.165) is 33.0 Å². The summed E-state index contributed by atoms with van der Waals surface area (Å²) in [6, 6.07) is 19.8. The van der Waals surface area contributed by atoms with Crippen LogP contribution in [0.3, 0.4) is 0 Å². The SMILES string of the molecule is COc1cccc(CSc2cnc(Nc3nc(C)cs3)c(Oc3ccccc3)c2)c1.Cl. The van der Waals surface area contributed by atoms with Gasteiger partial charge in [-0.1, -0.05) is 30.3 Å². The van der Waals surface area contributed by atoms with Crippen LogP contribution in [0.15, 0.2) is 77.1 Å². The number of hydrogen-bond donors (Lipinski definition) is 1. The van der Waals surface area contributed by atoms with E-state index >= 15 is 0 Å². The Balaban J connectivity index is 0.00000272. The molecule has 5 nitrogen and oxygen atoms in total. The number of thioether (sulfide) groups is 1. The molecule has 160 valence electrons. The van der Waals surface area contributed by atoms with Crippen LogP contribution in [0.25, 0.3) is 0 Å². The normalized spacial score (nSPS) is 10.3. The second-order valence-electron chi connectivity index (χ2n) is 6.49. The number of benzene rings is 2. The Morgan fingerprint density at radius 2 is 1.84 bits per heavy atom. The summed E-state index contributed by atoms with van der Waals surface area (Å²) in [4.78, 5) is 10.1. The Kier molecular flexibility index (Phi) is 8.17. The average Bonchev–Trinajstić information content (AvgIpc) is 3.19. The molecule has 0 aliphatic rings. The molecule has 4 aromatic rings. The fourth-order valence-corrected chi connectivity index (χ4v) is 4.25. The van der Waals surface area contributed by atoms with Crippen molar-refractivity contribution in [1.82, 2.24) is 9.97 Å². The maximum atomic E-state index is 6.14. The Morgan fingerprint density at radius 3 is 2.58 bits per heavy atom. The summed E-state index contributed by atoms with van der Waals surface area (Å²) < 4.78 is 11.4. The van der Waals surface area contributed by atoms with E-state index in [1.807, 2.05) is 73.1 Å². The van der Waals surface area contributed by atoms with Crippen molar-refractivity contribution in [1.29, 1.82) is 0 Å². The van der Waals surface area contributed by atoms with Crippen molar-refractivity contribution in [3.05, 3.63) is 83.5 Å². The number of pyridine rings is 1. The molecule has 0 amide bonds. The van der Waals surface area contributed by atoms with Gasteiger partial charge in [-0.15, -0.1) is 35.5 Å². The quantitative estimate of drug-likeness (QED) is 0.276. The molecule has 0 aliphatic carbocycles. The van der Waals surface area contributed by atoms with Gasteiger partial charge in [0.15, 0.2) is 16.7 Å². The van der Waals surface area contributed by atoms with Gasteiger partial charge in [0, 0.05) is 22.2 Å². The van der Waals surface area contributed by atoms with Gasteiger partial charge < -0.3 is 14.8 Å². The third-order valence-corrected chi connectivity index (χ3v) is 6.09. The molecule has 0 radical (unpaired) electrons. The summed E-state index contributed by atoms with van der Waals surface area (Å²) in [5.74, 6) is 3.72. The predicted octanol–water partition coefficient (Wildman–Crippen LogP) is 7.11. The van der Waals surface area contributed by atoms with Gasteiger partial charge in [0.1, 0.15) is 11.5 Å². The first-order valence-corrected chi connectivity index (χ1v) is 11.2. The van der Waals surface area contributed by atoms with Crippen LogP contribution in [0.1, 0.15) is 11.3 Å². The zero-order chi connectivity index (χ0) is 20.8. The molecule has 0 saturated heterocycles. The lowest BCUT2D eigenvalue weighted by Gasteiger charge is -2.12. The van der Waals surface area contributed by atoms with Gasteiger partial charge in [-0.05, 0) is 42.8 Å². The topological polar surface area (TPSA) is 56.3 Å². The molecule has 0 aliphatic heterocycles. The molecule has 0 spiro atoms. The molecule has 4 rings (SSSR count). The van der Waals surface area contributed by atoms with E-state index in [0.29, 0.717) is 11.6 Å². The van der Waals surface area contributed by atoms with Gasteiger partial charge in [0.25, 0.3) is 0 Å². The number of ether oxygens (including phenoxy) is 2. The maximum absolute atomic E-state index is 6.14. The summed E-state index contributed by atoms with van der Waals surface area (Å²) in [5, 5.41) is 6.06. The molecule has 0 unspecified atom stereocenters. The first kappa shape index (κ1) is 22.9. The highest BCUT2D eigenvalue weighted by molar-refractivity contribution is 7.98. The minimum atomic E-state index is 0. The fraction of sp³-hybridized carbons (Fsp3) is 0.130. The van der Waals surface area contributed by atoms with Crippen LogP contribution >= 0.6 is 35.5 Å². The van der Waals surface area contributed by atoms with Crippen molar-refractivity contribution >= 4 is 46.5 Å². The summed E-state index contributed by atoms with van der Waals surface area (Å²) in [6.45, 7) is 1.97. The lowest BCUT2D eigenvalue weighted by molar-refractivity contribution is 0.414. The summed E-state index contributed by atoms with van der Waals surface area (Å²) in [7, 11) is 1.68. The van der Waals surface area contributed by atoms with Gasteiger partial charge >= 0.3 is 0 Å². The number of aromatic nitrogens is 2. The van der Waals surface area contributed by atoms with E-state index in [4.69, 9.17) is 9.47 Å². The van der Waals surface area contributed by atoms with Crippen molar-refractivity contribution in [2.75, 3.05) is 12.4 Å². The average molecular weight is 472 g/mol. The minimum absolute atomic E-state index is 0. The third-order valence-electron chi connectivity index (χ3n) is 4.18. The standard InChI is InChI=1S/C23H21N3O2S2.ClH/c1-16-14-30-23(25-16)26-22-21(28-18-8-4-3-5-9-18)12-20(13-24-22)29-15-17-7-6-10-19(11-17)27-2;/h3-14H,15H2,1-2H3,(H,24,25,26);1H. The van der Waals surface area contributed by atoms with E-state index < -0.39 is 0 Å². The Hall–Kier alpha value is -2.74. The number of nitrogens with zero attached hydrogens (tertiary/aromatic N) is 2. The largest absolute Gasteiger partial charge is 0.497 e. The van der Waals surface area contributed by atoms with E-state index in [1.54, 1.807) is 18.9 Å². The van der Waals surface area contributed by atoms with Gasteiger partial charge in [-0.25, -0.2) is 9.97 Å². The van der Waals surface area contributed by atoms with Crippen LogP contribution in [0, 0.1) is 6.92 Å². The van der Waals surface area contributed by atoms with Crippen LogP contribution in [0.5, 0.6) is 17.2 Å². The second-order valence-corrected chi connectivity index (χ2v) is 8.40. The fourth-order valence-electron chi connectivity index (χ4n) is 2.73. The second kappa shape index (κ2) is 11.0. The first-order chi connectivity index (χ1) is 14.7. The summed E-state index contributed by atoms with van der Waals surface area (Å²) >= 11 is 3.24. The molecular formula is C23H22ClN3O2S2. The molecule has 0 saturated carbocycles. The number of hydrogen-bond acceptors (Lipinski definition) is 7. The van der Waals surface area contributed by atoms with Gasteiger partial charge in [-0.3, -0.25) is 0 Å². The van der Waals surface area contributed by atoms with E-state index in [9.17, 15) is 0 Å². The number of aryl methyl sites for hydroxylation is 1.